The fourth-order valence-corrected chi connectivity index (χ4v) is 4.84. The summed E-state index contributed by atoms with van der Waals surface area (Å²) in [5, 5.41) is 3.63. The Balaban J connectivity index is 1.48. The summed E-state index contributed by atoms with van der Waals surface area (Å²) in [6.07, 6.45) is 9.23. The molecule has 2 aliphatic rings. The van der Waals surface area contributed by atoms with Crippen molar-refractivity contribution in [3.63, 3.8) is 0 Å². The summed E-state index contributed by atoms with van der Waals surface area (Å²) in [5.41, 5.74) is 3.20. The van der Waals surface area contributed by atoms with E-state index < -0.39 is 11.3 Å². The summed E-state index contributed by atoms with van der Waals surface area (Å²) >= 11 is -1.89. The van der Waals surface area contributed by atoms with Crippen LogP contribution in [0.25, 0.3) is 0 Å². The smallest absolute Gasteiger partial charge is 0.231 e. The van der Waals surface area contributed by atoms with E-state index in [1.54, 1.807) is 0 Å². The second-order valence-electron chi connectivity index (χ2n) is 8.62. The molecule has 2 fully saturated rings. The molecule has 0 heterocycles. The Bertz CT molecular complexity index is 570. The third-order valence-corrected chi connectivity index (χ3v) is 6.62. The third-order valence-electron chi connectivity index (χ3n) is 6.09. The standard InChI is InChI=1S/C20H32N2O2S/c1-20(2)13-11-16(12-14-20)15-3-5-17(6-4-15)21-18-7-9-19(10-8-18)22-25(23)24/h3-6,16,18-19,21-22H,7-14H2,1-2H3,(H,23,24). The first-order valence-corrected chi connectivity index (χ1v) is 10.8. The quantitative estimate of drug-likeness (QED) is 0.656. The number of hydrogen-bond acceptors (Lipinski definition) is 2. The topological polar surface area (TPSA) is 61.4 Å². The average molecular weight is 365 g/mol. The van der Waals surface area contributed by atoms with Gasteiger partial charge in [0.05, 0.1) is 0 Å². The molecule has 0 saturated heterocycles. The molecule has 1 unspecified atom stereocenters. The Kier molecular flexibility index (Phi) is 6.18. The molecule has 1 aromatic carbocycles. The van der Waals surface area contributed by atoms with Crippen LogP contribution in [0.3, 0.4) is 0 Å². The van der Waals surface area contributed by atoms with Gasteiger partial charge in [-0.05, 0) is 80.4 Å². The highest BCUT2D eigenvalue weighted by Crippen LogP contribution is 2.42. The molecule has 140 valence electrons. The number of benzene rings is 1. The molecule has 0 bridgehead atoms. The van der Waals surface area contributed by atoms with Crippen molar-refractivity contribution < 1.29 is 8.76 Å². The van der Waals surface area contributed by atoms with Gasteiger partial charge in [-0.15, -0.1) is 0 Å². The Morgan fingerprint density at radius 3 is 2.08 bits per heavy atom. The van der Waals surface area contributed by atoms with Crippen LogP contribution in [0.4, 0.5) is 5.69 Å². The van der Waals surface area contributed by atoms with Crippen LogP contribution in [0.5, 0.6) is 0 Å². The number of anilines is 1. The van der Waals surface area contributed by atoms with Crippen molar-refractivity contribution >= 4 is 17.0 Å². The molecule has 0 aliphatic heterocycles. The van der Waals surface area contributed by atoms with E-state index >= 15 is 0 Å². The SMILES string of the molecule is CC1(C)CCC(c2ccc(NC3CCC(NS(=O)O)CC3)cc2)CC1. The van der Waals surface area contributed by atoms with Crippen LogP contribution in [0, 0.1) is 5.41 Å². The van der Waals surface area contributed by atoms with Crippen molar-refractivity contribution in [3.8, 4) is 0 Å². The van der Waals surface area contributed by atoms with E-state index in [2.05, 4.69) is 48.2 Å². The summed E-state index contributed by atoms with van der Waals surface area (Å²) in [7, 11) is 0. The van der Waals surface area contributed by atoms with Gasteiger partial charge in [0.2, 0.25) is 11.3 Å². The fourth-order valence-electron chi connectivity index (χ4n) is 4.32. The van der Waals surface area contributed by atoms with Crippen molar-refractivity contribution in [2.45, 2.75) is 83.2 Å². The second kappa shape index (κ2) is 8.19. The molecule has 0 aromatic heterocycles. The molecule has 5 heteroatoms. The van der Waals surface area contributed by atoms with Gasteiger partial charge in [-0.3, -0.25) is 4.55 Å². The largest absolute Gasteiger partial charge is 0.382 e. The van der Waals surface area contributed by atoms with Crippen molar-refractivity contribution in [3.05, 3.63) is 29.8 Å². The molecule has 3 N–H and O–H groups in total. The Morgan fingerprint density at radius 2 is 1.52 bits per heavy atom. The Hall–Kier alpha value is -0.910. The summed E-state index contributed by atoms with van der Waals surface area (Å²) in [6.45, 7) is 4.78. The predicted octanol–water partition coefficient (Wildman–Crippen LogP) is 4.82. The van der Waals surface area contributed by atoms with Gasteiger partial charge in [-0.2, -0.15) is 0 Å². The lowest BCUT2D eigenvalue weighted by atomic mass is 9.71. The lowest BCUT2D eigenvalue weighted by Crippen LogP contribution is -2.37. The molecule has 0 radical (unpaired) electrons. The van der Waals surface area contributed by atoms with Gasteiger partial charge < -0.3 is 5.32 Å². The lowest BCUT2D eigenvalue weighted by molar-refractivity contribution is 0.224. The highest BCUT2D eigenvalue weighted by atomic mass is 32.2. The van der Waals surface area contributed by atoms with Crippen LogP contribution in [0.1, 0.15) is 76.7 Å². The molecular formula is C20H32N2O2S. The zero-order valence-corrected chi connectivity index (χ0v) is 16.3. The van der Waals surface area contributed by atoms with E-state index in [9.17, 15) is 4.21 Å². The van der Waals surface area contributed by atoms with Gasteiger partial charge in [0.15, 0.2) is 0 Å². The maximum atomic E-state index is 10.8. The molecular weight excluding hydrogens is 332 g/mol. The van der Waals surface area contributed by atoms with Gasteiger partial charge in [-0.25, -0.2) is 8.93 Å². The van der Waals surface area contributed by atoms with E-state index in [1.165, 1.54) is 36.9 Å². The Morgan fingerprint density at radius 1 is 0.960 bits per heavy atom. The first-order chi connectivity index (χ1) is 11.9. The minimum atomic E-state index is -1.89. The van der Waals surface area contributed by atoms with E-state index in [0.717, 1.165) is 31.6 Å². The van der Waals surface area contributed by atoms with Crippen LogP contribution >= 0.6 is 0 Å². The predicted molar refractivity (Wildman–Crippen MR) is 105 cm³/mol. The van der Waals surface area contributed by atoms with Crippen LogP contribution < -0.4 is 10.0 Å². The number of hydrogen-bond donors (Lipinski definition) is 3. The van der Waals surface area contributed by atoms with Gasteiger partial charge in [0.1, 0.15) is 0 Å². The zero-order valence-electron chi connectivity index (χ0n) is 15.5. The molecule has 0 spiro atoms. The maximum absolute atomic E-state index is 10.8. The van der Waals surface area contributed by atoms with E-state index in [0.29, 0.717) is 11.5 Å². The highest BCUT2D eigenvalue weighted by Gasteiger charge is 2.27. The number of rotatable bonds is 5. The highest BCUT2D eigenvalue weighted by molar-refractivity contribution is 7.77. The van der Waals surface area contributed by atoms with E-state index in [-0.39, 0.29) is 6.04 Å². The number of nitrogens with one attached hydrogen (secondary N) is 2. The van der Waals surface area contributed by atoms with Gasteiger partial charge >= 0.3 is 0 Å². The van der Waals surface area contributed by atoms with Crippen molar-refractivity contribution in [1.29, 1.82) is 0 Å². The fraction of sp³-hybridized carbons (Fsp3) is 0.700. The summed E-state index contributed by atoms with van der Waals surface area (Å²) in [6, 6.07) is 9.68. The van der Waals surface area contributed by atoms with E-state index in [4.69, 9.17) is 4.55 Å². The van der Waals surface area contributed by atoms with Crippen LogP contribution in [0.15, 0.2) is 24.3 Å². The van der Waals surface area contributed by atoms with Crippen LogP contribution in [0.2, 0.25) is 0 Å². The molecule has 25 heavy (non-hydrogen) atoms. The van der Waals surface area contributed by atoms with Gasteiger partial charge in [-0.1, -0.05) is 26.0 Å². The zero-order chi connectivity index (χ0) is 17.9. The minimum Gasteiger partial charge on any atom is -0.382 e. The molecule has 1 atom stereocenters. The lowest BCUT2D eigenvalue weighted by Gasteiger charge is -2.34. The van der Waals surface area contributed by atoms with E-state index in [1.807, 2.05) is 0 Å². The van der Waals surface area contributed by atoms with Gasteiger partial charge in [0, 0.05) is 17.8 Å². The molecule has 3 rings (SSSR count). The summed E-state index contributed by atoms with van der Waals surface area (Å²) < 4.78 is 22.5. The first-order valence-electron chi connectivity index (χ1n) is 9.65. The summed E-state index contributed by atoms with van der Waals surface area (Å²) in [5.74, 6) is 0.725. The minimum absolute atomic E-state index is 0.168. The molecule has 0 amide bonds. The van der Waals surface area contributed by atoms with Crippen molar-refractivity contribution in [2.75, 3.05) is 5.32 Å². The maximum Gasteiger partial charge on any atom is 0.231 e. The first kappa shape index (κ1) is 18.9. The molecule has 4 nitrogen and oxygen atoms in total. The second-order valence-corrected chi connectivity index (χ2v) is 9.35. The van der Waals surface area contributed by atoms with Crippen molar-refractivity contribution in [1.82, 2.24) is 4.72 Å². The molecule has 2 aliphatic carbocycles. The monoisotopic (exact) mass is 364 g/mol. The third kappa shape index (κ3) is 5.53. The van der Waals surface area contributed by atoms with Gasteiger partial charge in [0.25, 0.3) is 0 Å². The molecule has 2 saturated carbocycles. The van der Waals surface area contributed by atoms with Crippen LogP contribution in [-0.4, -0.2) is 20.8 Å². The average Bonchev–Trinajstić information content (AvgIpc) is 2.57. The Labute approximate surface area is 154 Å². The normalized spacial score (nSPS) is 28.4. The van der Waals surface area contributed by atoms with Crippen LogP contribution in [-0.2, 0) is 11.3 Å². The summed E-state index contributed by atoms with van der Waals surface area (Å²) in [4.78, 5) is 0. The van der Waals surface area contributed by atoms with Crippen molar-refractivity contribution in [2.24, 2.45) is 5.41 Å². The molecule has 1 aromatic rings.